The topological polar surface area (TPSA) is 105 Å². The van der Waals surface area contributed by atoms with Gasteiger partial charge in [-0.25, -0.2) is 0 Å². The van der Waals surface area contributed by atoms with Crippen molar-refractivity contribution in [3.8, 4) is 11.5 Å². The van der Waals surface area contributed by atoms with Crippen LogP contribution in [0.4, 0.5) is 0 Å². The van der Waals surface area contributed by atoms with E-state index < -0.39 is 5.41 Å². The zero-order chi connectivity index (χ0) is 30.6. The SMILES string of the molecule is COCc1cc(C(C)(C)c2cc(COC(C)COC)c(O)c(COC(C)COC)c2)cc(COC(C)COC)c1O. The molecule has 0 bridgehead atoms. The zero-order valence-electron chi connectivity index (χ0n) is 26.2. The summed E-state index contributed by atoms with van der Waals surface area (Å²) < 4.78 is 38.9. The fourth-order valence-electron chi connectivity index (χ4n) is 4.55. The Hall–Kier alpha value is -2.24. The largest absolute Gasteiger partial charge is 0.507 e. The Morgan fingerprint density at radius 1 is 0.537 bits per heavy atom. The Morgan fingerprint density at radius 2 is 0.829 bits per heavy atom. The summed E-state index contributed by atoms with van der Waals surface area (Å²) in [5.41, 5.74) is 4.04. The number of benzene rings is 2. The van der Waals surface area contributed by atoms with Crippen LogP contribution in [0.1, 0.15) is 68.0 Å². The van der Waals surface area contributed by atoms with E-state index in [9.17, 15) is 10.2 Å². The summed E-state index contributed by atoms with van der Waals surface area (Å²) >= 11 is 0. The molecule has 0 aliphatic carbocycles. The third-order valence-electron chi connectivity index (χ3n) is 7.05. The van der Waals surface area contributed by atoms with Crippen molar-refractivity contribution in [1.82, 2.24) is 0 Å². The number of phenols is 2. The molecule has 0 heterocycles. The minimum atomic E-state index is -0.531. The highest BCUT2D eigenvalue weighted by Gasteiger charge is 2.28. The van der Waals surface area contributed by atoms with Gasteiger partial charge in [0.2, 0.25) is 0 Å². The normalized spacial score (nSPS) is 14.3. The molecule has 0 spiro atoms. The minimum Gasteiger partial charge on any atom is -0.507 e. The Balaban J connectivity index is 2.56. The van der Waals surface area contributed by atoms with E-state index in [1.165, 1.54) is 0 Å². The van der Waals surface area contributed by atoms with Crippen LogP contribution in [0.15, 0.2) is 24.3 Å². The summed E-state index contributed by atoms with van der Waals surface area (Å²) in [6.07, 6.45) is -0.423. The third kappa shape index (κ3) is 10.2. The van der Waals surface area contributed by atoms with Crippen molar-refractivity contribution >= 4 is 0 Å². The lowest BCUT2D eigenvalue weighted by Crippen LogP contribution is -2.22. The van der Waals surface area contributed by atoms with Crippen LogP contribution in [0.25, 0.3) is 0 Å². The Kier molecular flexibility index (Phi) is 14.5. The van der Waals surface area contributed by atoms with E-state index in [4.69, 9.17) is 33.2 Å². The van der Waals surface area contributed by atoms with Gasteiger partial charge >= 0.3 is 0 Å². The van der Waals surface area contributed by atoms with Gasteiger partial charge in [0.25, 0.3) is 0 Å². The Bertz CT molecular complexity index is 1030. The minimum absolute atomic E-state index is 0.134. The second kappa shape index (κ2) is 17.0. The van der Waals surface area contributed by atoms with E-state index in [1.54, 1.807) is 28.4 Å². The number of rotatable bonds is 19. The van der Waals surface area contributed by atoms with Crippen LogP contribution < -0.4 is 0 Å². The van der Waals surface area contributed by atoms with E-state index in [2.05, 4.69) is 13.8 Å². The third-order valence-corrected chi connectivity index (χ3v) is 7.05. The summed E-state index contributed by atoms with van der Waals surface area (Å²) in [7, 11) is 6.49. The molecule has 2 aromatic carbocycles. The van der Waals surface area contributed by atoms with Gasteiger partial charge in [0.1, 0.15) is 11.5 Å². The van der Waals surface area contributed by atoms with Crippen LogP contribution in [0.5, 0.6) is 11.5 Å². The van der Waals surface area contributed by atoms with Gasteiger partial charge in [0.05, 0.1) is 64.6 Å². The second-order valence-corrected chi connectivity index (χ2v) is 11.1. The molecule has 9 heteroatoms. The Labute approximate surface area is 245 Å². The van der Waals surface area contributed by atoms with Crippen LogP contribution in [-0.4, -0.2) is 76.8 Å². The molecule has 0 fully saturated rings. The van der Waals surface area contributed by atoms with Gasteiger partial charge < -0.3 is 43.4 Å². The number of hydrogen-bond donors (Lipinski definition) is 2. The van der Waals surface area contributed by atoms with Crippen molar-refractivity contribution in [1.29, 1.82) is 0 Å². The lowest BCUT2D eigenvalue weighted by Gasteiger charge is -2.30. The van der Waals surface area contributed by atoms with E-state index >= 15 is 0 Å². The highest BCUT2D eigenvalue weighted by atomic mass is 16.5. The maximum atomic E-state index is 11.2. The summed E-state index contributed by atoms with van der Waals surface area (Å²) in [6.45, 7) is 12.2. The number of aromatic hydroxyl groups is 2. The molecule has 2 N–H and O–H groups in total. The van der Waals surface area contributed by atoms with Crippen molar-refractivity contribution in [2.75, 3.05) is 48.3 Å². The van der Waals surface area contributed by atoms with E-state index in [0.717, 1.165) is 11.1 Å². The first kappa shape index (κ1) is 35.0. The van der Waals surface area contributed by atoms with Gasteiger partial charge in [0.15, 0.2) is 0 Å². The van der Waals surface area contributed by atoms with E-state index in [0.29, 0.717) is 42.1 Å². The molecule has 232 valence electrons. The number of ether oxygens (including phenoxy) is 7. The van der Waals surface area contributed by atoms with Gasteiger partial charge in [-0.15, -0.1) is 0 Å². The van der Waals surface area contributed by atoms with E-state index in [-0.39, 0.29) is 56.2 Å². The van der Waals surface area contributed by atoms with Crippen molar-refractivity contribution < 1.29 is 43.4 Å². The van der Waals surface area contributed by atoms with Crippen molar-refractivity contribution in [3.63, 3.8) is 0 Å². The molecular formula is C32H50O9. The Morgan fingerprint density at radius 3 is 1.10 bits per heavy atom. The molecule has 0 saturated heterocycles. The number of phenolic OH excluding ortho intramolecular Hbond substituents is 2. The molecule has 0 saturated carbocycles. The first-order valence-electron chi connectivity index (χ1n) is 14.0. The zero-order valence-corrected chi connectivity index (χ0v) is 26.2. The van der Waals surface area contributed by atoms with Crippen molar-refractivity contribution in [2.24, 2.45) is 0 Å². The molecule has 3 atom stereocenters. The molecular weight excluding hydrogens is 528 g/mol. The molecule has 9 nitrogen and oxygen atoms in total. The van der Waals surface area contributed by atoms with Crippen molar-refractivity contribution in [2.45, 2.75) is 84.8 Å². The fraction of sp³-hybridized carbons (Fsp3) is 0.625. The van der Waals surface area contributed by atoms with Gasteiger partial charge in [-0.3, -0.25) is 0 Å². The smallest absolute Gasteiger partial charge is 0.126 e. The van der Waals surface area contributed by atoms with Gasteiger partial charge in [0, 0.05) is 56.1 Å². The second-order valence-electron chi connectivity index (χ2n) is 11.1. The summed E-state index contributed by atoms with van der Waals surface area (Å²) in [4.78, 5) is 0. The predicted octanol–water partition coefficient (Wildman–Crippen LogP) is 5.22. The number of methoxy groups -OCH3 is 4. The molecule has 0 aliphatic heterocycles. The molecule has 0 aliphatic rings. The lowest BCUT2D eigenvalue weighted by atomic mass is 9.76. The first-order valence-corrected chi connectivity index (χ1v) is 14.0. The lowest BCUT2D eigenvalue weighted by molar-refractivity contribution is -0.00338. The van der Waals surface area contributed by atoms with Crippen LogP contribution in [-0.2, 0) is 65.0 Å². The number of hydrogen-bond acceptors (Lipinski definition) is 9. The van der Waals surface area contributed by atoms with Gasteiger partial charge in [-0.2, -0.15) is 0 Å². The summed E-state index contributed by atoms with van der Waals surface area (Å²) in [5.74, 6) is 0.301. The summed E-state index contributed by atoms with van der Waals surface area (Å²) in [5, 5.41) is 22.2. The van der Waals surface area contributed by atoms with Crippen LogP contribution in [0, 0.1) is 0 Å². The average molecular weight is 579 g/mol. The van der Waals surface area contributed by atoms with E-state index in [1.807, 2.05) is 45.0 Å². The molecule has 2 aromatic rings. The summed E-state index contributed by atoms with van der Waals surface area (Å²) in [6, 6.07) is 7.86. The maximum absolute atomic E-state index is 11.2. The quantitative estimate of drug-likeness (QED) is 0.232. The van der Waals surface area contributed by atoms with Crippen LogP contribution in [0.3, 0.4) is 0 Å². The molecule has 0 amide bonds. The maximum Gasteiger partial charge on any atom is 0.126 e. The molecule has 41 heavy (non-hydrogen) atoms. The molecule has 3 unspecified atom stereocenters. The molecule has 0 aromatic heterocycles. The van der Waals surface area contributed by atoms with Crippen LogP contribution in [0.2, 0.25) is 0 Å². The van der Waals surface area contributed by atoms with Crippen molar-refractivity contribution in [3.05, 3.63) is 57.6 Å². The standard InChI is InChI=1S/C32H50O9/c1-21(14-35-6)39-18-25-11-28(10-24(17-38-9)30(25)33)32(4,5)29-12-26(19-40-22(2)15-36-7)31(34)27(13-29)20-41-23(3)16-37-8/h10-13,21-23,33-34H,14-20H2,1-9H3. The monoisotopic (exact) mass is 578 g/mol. The van der Waals surface area contributed by atoms with Gasteiger partial charge in [-0.05, 0) is 56.2 Å². The first-order chi connectivity index (χ1) is 19.5. The fourth-order valence-corrected chi connectivity index (χ4v) is 4.55. The molecule has 0 radical (unpaired) electrons. The highest BCUT2D eigenvalue weighted by Crippen LogP contribution is 2.39. The average Bonchev–Trinajstić information content (AvgIpc) is 2.92. The van der Waals surface area contributed by atoms with Gasteiger partial charge in [-0.1, -0.05) is 13.8 Å². The van der Waals surface area contributed by atoms with Crippen LogP contribution >= 0.6 is 0 Å². The predicted molar refractivity (Wildman–Crippen MR) is 157 cm³/mol. The molecule has 2 rings (SSSR count). The highest BCUT2D eigenvalue weighted by molar-refractivity contribution is 5.52.